The maximum absolute atomic E-state index is 11.7. The Morgan fingerprint density at radius 2 is 1.40 bits per heavy atom. The monoisotopic (exact) mass is 202 g/mol. The van der Waals surface area contributed by atoms with Crippen LogP contribution in [0.2, 0.25) is 0 Å². The summed E-state index contributed by atoms with van der Waals surface area (Å²) in [5.41, 5.74) is -3.49. The molecular weight excluding hydrogens is 202 g/mol. The molecule has 62 valence electrons. The molecule has 0 aliphatic rings. The molecule has 0 aromatic rings. The molecule has 0 aromatic heterocycles. The Hall–Kier alpha value is 0.230. The van der Waals surface area contributed by atoms with Crippen molar-refractivity contribution in [1.29, 1.82) is 0 Å². The van der Waals surface area contributed by atoms with Crippen molar-refractivity contribution in [3.05, 3.63) is 0 Å². The van der Waals surface area contributed by atoms with Crippen molar-refractivity contribution in [3.63, 3.8) is 0 Å². The Morgan fingerprint density at radius 3 is 1.40 bits per heavy atom. The first-order valence-corrected chi connectivity index (χ1v) is 2.73. The standard InChI is InChI=1S/C3HCl2F5/c4-1(6)2(7,8)3(5,9)10/h1H/t1-/m0/s1. The summed E-state index contributed by atoms with van der Waals surface area (Å²) < 4.78 is 57.6. The summed E-state index contributed by atoms with van der Waals surface area (Å²) >= 11 is 7.88. The molecule has 1 atom stereocenters. The fraction of sp³-hybridized carbons (Fsp3) is 1.00. The number of alkyl halides is 7. The van der Waals surface area contributed by atoms with Crippen LogP contribution in [0, 0.1) is 0 Å². The Morgan fingerprint density at radius 1 is 1.10 bits per heavy atom. The highest BCUT2D eigenvalue weighted by atomic mass is 35.5. The second-order valence-electron chi connectivity index (χ2n) is 1.42. The molecule has 0 aromatic carbocycles. The topological polar surface area (TPSA) is 0 Å². The molecule has 0 N–H and O–H groups in total. The minimum atomic E-state index is -5.03. The quantitative estimate of drug-likeness (QED) is 0.477. The maximum Gasteiger partial charge on any atom is 0.388 e. The lowest BCUT2D eigenvalue weighted by Crippen LogP contribution is -2.41. The van der Waals surface area contributed by atoms with Gasteiger partial charge < -0.3 is 0 Å². The third kappa shape index (κ3) is 1.85. The Kier molecular flexibility index (Phi) is 2.76. The van der Waals surface area contributed by atoms with Crippen molar-refractivity contribution in [1.82, 2.24) is 0 Å². The minimum absolute atomic E-state index is 3.49. The van der Waals surface area contributed by atoms with Gasteiger partial charge in [0.2, 0.25) is 5.63 Å². The lowest BCUT2D eigenvalue weighted by molar-refractivity contribution is -0.176. The molecule has 0 saturated heterocycles. The van der Waals surface area contributed by atoms with Gasteiger partial charge in [-0.3, -0.25) is 0 Å². The minimum Gasteiger partial charge on any atom is -0.223 e. The summed E-state index contributed by atoms with van der Waals surface area (Å²) in [7, 11) is 0. The van der Waals surface area contributed by atoms with Crippen molar-refractivity contribution in [2.24, 2.45) is 0 Å². The van der Waals surface area contributed by atoms with E-state index in [4.69, 9.17) is 0 Å². The largest absolute Gasteiger partial charge is 0.388 e. The Labute approximate surface area is 62.9 Å². The molecule has 0 aliphatic heterocycles. The molecule has 0 radical (unpaired) electrons. The number of hydrogen-bond acceptors (Lipinski definition) is 0. The zero-order valence-corrected chi connectivity index (χ0v) is 5.73. The van der Waals surface area contributed by atoms with E-state index in [0.29, 0.717) is 0 Å². The van der Waals surface area contributed by atoms with Gasteiger partial charge in [-0.2, -0.15) is 17.6 Å². The number of hydrogen-bond donors (Lipinski definition) is 0. The van der Waals surface area contributed by atoms with E-state index < -0.39 is 16.9 Å². The van der Waals surface area contributed by atoms with Crippen LogP contribution in [0.25, 0.3) is 0 Å². The number of rotatable bonds is 2. The van der Waals surface area contributed by atoms with Crippen LogP contribution in [-0.4, -0.2) is 16.9 Å². The first-order chi connectivity index (χ1) is 4.19. The summed E-state index contributed by atoms with van der Waals surface area (Å²) in [6.07, 6.45) is 0. The smallest absolute Gasteiger partial charge is 0.223 e. The summed E-state index contributed by atoms with van der Waals surface area (Å²) in [6, 6.07) is 0. The van der Waals surface area contributed by atoms with Gasteiger partial charge in [0.1, 0.15) is 0 Å². The van der Waals surface area contributed by atoms with Crippen molar-refractivity contribution < 1.29 is 22.0 Å². The van der Waals surface area contributed by atoms with Crippen LogP contribution >= 0.6 is 23.2 Å². The molecular formula is C3HCl2F5. The van der Waals surface area contributed by atoms with Crippen molar-refractivity contribution in [2.45, 2.75) is 16.9 Å². The first-order valence-electron chi connectivity index (χ1n) is 1.92. The van der Waals surface area contributed by atoms with Gasteiger partial charge in [-0.05, 0) is 11.6 Å². The SMILES string of the molecule is F[C@H](Cl)C(F)(F)C(F)(F)Cl. The highest BCUT2D eigenvalue weighted by molar-refractivity contribution is 6.25. The fourth-order valence-corrected chi connectivity index (χ4v) is 0.412. The predicted molar refractivity (Wildman–Crippen MR) is 26.5 cm³/mol. The maximum atomic E-state index is 11.7. The third-order valence-corrected chi connectivity index (χ3v) is 1.18. The molecule has 0 amide bonds. The molecule has 0 unspecified atom stereocenters. The van der Waals surface area contributed by atoms with E-state index in [-0.39, 0.29) is 0 Å². The number of halogens is 7. The van der Waals surface area contributed by atoms with Gasteiger partial charge in [0, 0.05) is 0 Å². The van der Waals surface area contributed by atoms with Crippen molar-refractivity contribution in [3.8, 4) is 0 Å². The van der Waals surface area contributed by atoms with Crippen LogP contribution in [0.15, 0.2) is 0 Å². The molecule has 0 heterocycles. The van der Waals surface area contributed by atoms with Gasteiger partial charge in [0.25, 0.3) is 0 Å². The van der Waals surface area contributed by atoms with E-state index in [0.717, 1.165) is 0 Å². The Balaban J connectivity index is 4.40. The molecule has 0 nitrogen and oxygen atoms in total. The summed E-state index contributed by atoms with van der Waals surface area (Å²) in [6.45, 7) is 0. The van der Waals surface area contributed by atoms with Crippen LogP contribution in [0.5, 0.6) is 0 Å². The molecule has 0 saturated carbocycles. The molecule has 7 heteroatoms. The summed E-state index contributed by atoms with van der Waals surface area (Å²) in [4.78, 5) is 0. The van der Waals surface area contributed by atoms with Gasteiger partial charge in [-0.1, -0.05) is 11.6 Å². The van der Waals surface area contributed by atoms with Gasteiger partial charge in [0.05, 0.1) is 0 Å². The van der Waals surface area contributed by atoms with Gasteiger partial charge in [-0.25, -0.2) is 4.39 Å². The molecule has 0 rings (SSSR count). The van der Waals surface area contributed by atoms with Crippen LogP contribution in [-0.2, 0) is 0 Å². The van der Waals surface area contributed by atoms with E-state index in [9.17, 15) is 22.0 Å². The second kappa shape index (κ2) is 2.70. The van der Waals surface area contributed by atoms with E-state index >= 15 is 0 Å². The van der Waals surface area contributed by atoms with E-state index in [1.807, 2.05) is 0 Å². The first kappa shape index (κ1) is 10.2. The highest BCUT2D eigenvalue weighted by Gasteiger charge is 2.60. The van der Waals surface area contributed by atoms with Crippen LogP contribution < -0.4 is 0 Å². The average molecular weight is 203 g/mol. The van der Waals surface area contributed by atoms with Crippen LogP contribution in [0.3, 0.4) is 0 Å². The third-order valence-electron chi connectivity index (χ3n) is 0.652. The molecule has 0 aliphatic carbocycles. The van der Waals surface area contributed by atoms with Crippen LogP contribution in [0.4, 0.5) is 22.0 Å². The van der Waals surface area contributed by atoms with Crippen molar-refractivity contribution >= 4 is 23.2 Å². The molecule has 0 bridgehead atoms. The fourth-order valence-electron chi connectivity index (χ4n) is 0.124. The second-order valence-corrected chi connectivity index (χ2v) is 2.28. The van der Waals surface area contributed by atoms with Crippen LogP contribution in [0.1, 0.15) is 0 Å². The molecule has 0 fully saturated rings. The zero-order valence-electron chi connectivity index (χ0n) is 4.22. The predicted octanol–water partition coefficient (Wildman–Crippen LogP) is 2.99. The highest BCUT2D eigenvalue weighted by Crippen LogP contribution is 2.42. The lowest BCUT2D eigenvalue weighted by atomic mass is 10.4. The van der Waals surface area contributed by atoms with Gasteiger partial charge in [-0.15, -0.1) is 0 Å². The van der Waals surface area contributed by atoms with E-state index in [2.05, 4.69) is 23.2 Å². The summed E-state index contributed by atoms with van der Waals surface area (Å²) in [5, 5.41) is -4.95. The lowest BCUT2D eigenvalue weighted by Gasteiger charge is -2.20. The molecule has 10 heavy (non-hydrogen) atoms. The normalized spacial score (nSPS) is 17.1. The van der Waals surface area contributed by atoms with E-state index in [1.54, 1.807) is 0 Å². The average Bonchev–Trinajstić information content (AvgIpc) is 1.62. The Bertz CT molecular complexity index is 117. The van der Waals surface area contributed by atoms with Crippen molar-refractivity contribution in [2.75, 3.05) is 0 Å². The van der Waals surface area contributed by atoms with Gasteiger partial charge >= 0.3 is 11.3 Å². The van der Waals surface area contributed by atoms with E-state index in [1.165, 1.54) is 0 Å². The zero-order chi connectivity index (χ0) is 8.58. The summed E-state index contributed by atoms with van der Waals surface area (Å²) in [5.74, 6) is -5.03. The van der Waals surface area contributed by atoms with Gasteiger partial charge in [0.15, 0.2) is 0 Å². The molecule has 0 spiro atoms.